The first-order valence-electron chi connectivity index (χ1n) is 6.63. The normalized spacial score (nSPS) is 11.3. The summed E-state index contributed by atoms with van der Waals surface area (Å²) in [4.78, 5) is 23.1. The minimum Gasteiger partial charge on any atom is -0.475 e. The zero-order valence-corrected chi connectivity index (χ0v) is 14.0. The third kappa shape index (κ3) is 3.57. The SMILES string of the molecule is CC(C)(C)C(=O)Nc1cc(Br)ccc1-c1ccc(C(=O)O)o1. The van der Waals surface area contributed by atoms with E-state index < -0.39 is 11.4 Å². The fraction of sp³-hybridized carbons (Fsp3) is 0.250. The van der Waals surface area contributed by atoms with Gasteiger partial charge in [-0.3, -0.25) is 4.79 Å². The summed E-state index contributed by atoms with van der Waals surface area (Å²) in [5.74, 6) is -1.04. The van der Waals surface area contributed by atoms with Gasteiger partial charge in [0.1, 0.15) is 5.76 Å². The van der Waals surface area contributed by atoms with Crippen LogP contribution in [0.2, 0.25) is 0 Å². The fourth-order valence-electron chi connectivity index (χ4n) is 1.74. The molecule has 1 aromatic heterocycles. The molecule has 1 heterocycles. The van der Waals surface area contributed by atoms with Crippen molar-refractivity contribution in [2.45, 2.75) is 20.8 Å². The smallest absolute Gasteiger partial charge is 0.371 e. The maximum Gasteiger partial charge on any atom is 0.371 e. The lowest BCUT2D eigenvalue weighted by Crippen LogP contribution is -2.27. The summed E-state index contributed by atoms with van der Waals surface area (Å²) < 4.78 is 6.11. The van der Waals surface area contributed by atoms with Crippen LogP contribution in [-0.2, 0) is 4.79 Å². The summed E-state index contributed by atoms with van der Waals surface area (Å²) in [7, 11) is 0. The average molecular weight is 366 g/mol. The van der Waals surface area contributed by atoms with Crippen molar-refractivity contribution in [3.63, 3.8) is 0 Å². The topological polar surface area (TPSA) is 79.5 Å². The van der Waals surface area contributed by atoms with E-state index >= 15 is 0 Å². The zero-order chi connectivity index (χ0) is 16.5. The number of carboxylic acid groups (broad SMARTS) is 1. The van der Waals surface area contributed by atoms with Gasteiger partial charge in [-0.25, -0.2) is 4.79 Å². The molecule has 0 atom stereocenters. The van der Waals surface area contributed by atoms with Crippen LogP contribution in [0.1, 0.15) is 31.3 Å². The van der Waals surface area contributed by atoms with E-state index in [0.29, 0.717) is 17.0 Å². The van der Waals surface area contributed by atoms with Crippen molar-refractivity contribution in [2.75, 3.05) is 5.32 Å². The molecule has 2 rings (SSSR count). The summed E-state index contributed by atoms with van der Waals surface area (Å²) >= 11 is 3.36. The second-order valence-corrected chi connectivity index (χ2v) is 6.78. The standard InChI is InChI=1S/C16H16BrNO4/c1-16(2,3)15(21)18-11-8-9(17)4-5-10(11)12-6-7-13(22-12)14(19)20/h4-8H,1-3H3,(H,18,21)(H,19,20). The van der Waals surface area contributed by atoms with E-state index in [1.807, 2.05) is 20.8 Å². The summed E-state index contributed by atoms with van der Waals surface area (Å²) in [5, 5.41) is 11.8. The molecule has 5 nitrogen and oxygen atoms in total. The average Bonchev–Trinajstić information content (AvgIpc) is 2.87. The van der Waals surface area contributed by atoms with E-state index in [9.17, 15) is 9.59 Å². The summed E-state index contributed by atoms with van der Waals surface area (Å²) in [6.45, 7) is 5.44. The van der Waals surface area contributed by atoms with Crippen molar-refractivity contribution in [3.8, 4) is 11.3 Å². The maximum absolute atomic E-state index is 12.2. The van der Waals surface area contributed by atoms with Gasteiger partial charge < -0.3 is 14.8 Å². The summed E-state index contributed by atoms with van der Waals surface area (Å²) in [5.41, 5.74) is 0.628. The minimum absolute atomic E-state index is 0.142. The van der Waals surface area contributed by atoms with Gasteiger partial charge in [-0.2, -0.15) is 0 Å². The Balaban J connectivity index is 2.43. The highest BCUT2D eigenvalue weighted by molar-refractivity contribution is 9.10. The predicted molar refractivity (Wildman–Crippen MR) is 86.9 cm³/mol. The van der Waals surface area contributed by atoms with Gasteiger partial charge in [-0.15, -0.1) is 0 Å². The van der Waals surface area contributed by atoms with Crippen LogP contribution < -0.4 is 5.32 Å². The highest BCUT2D eigenvalue weighted by Gasteiger charge is 2.23. The van der Waals surface area contributed by atoms with Crippen LogP contribution >= 0.6 is 15.9 Å². The molecule has 22 heavy (non-hydrogen) atoms. The van der Waals surface area contributed by atoms with Crippen molar-refractivity contribution in [1.29, 1.82) is 0 Å². The largest absolute Gasteiger partial charge is 0.475 e. The summed E-state index contributed by atoms with van der Waals surface area (Å²) in [6.07, 6.45) is 0. The Morgan fingerprint density at radius 2 is 1.86 bits per heavy atom. The lowest BCUT2D eigenvalue weighted by Gasteiger charge is -2.19. The third-order valence-corrected chi connectivity index (χ3v) is 3.49. The first-order valence-corrected chi connectivity index (χ1v) is 7.42. The Morgan fingerprint density at radius 1 is 1.18 bits per heavy atom. The second-order valence-electron chi connectivity index (χ2n) is 5.86. The fourth-order valence-corrected chi connectivity index (χ4v) is 2.10. The molecule has 1 amide bonds. The summed E-state index contributed by atoms with van der Waals surface area (Å²) in [6, 6.07) is 8.26. The second kappa shape index (κ2) is 5.96. The Labute approximate surface area is 136 Å². The lowest BCUT2D eigenvalue weighted by atomic mass is 9.95. The third-order valence-electron chi connectivity index (χ3n) is 2.99. The number of nitrogens with one attached hydrogen (secondary N) is 1. The molecule has 0 saturated carbocycles. The number of amides is 1. The van der Waals surface area contributed by atoms with Crippen LogP contribution in [0.3, 0.4) is 0 Å². The molecule has 0 radical (unpaired) electrons. The maximum atomic E-state index is 12.2. The molecule has 0 aliphatic carbocycles. The molecule has 0 saturated heterocycles. The van der Waals surface area contributed by atoms with Crippen molar-refractivity contribution in [2.24, 2.45) is 5.41 Å². The molecule has 0 fully saturated rings. The molecule has 0 bridgehead atoms. The highest BCUT2D eigenvalue weighted by atomic mass is 79.9. The number of hydrogen-bond donors (Lipinski definition) is 2. The Hall–Kier alpha value is -2.08. The van der Waals surface area contributed by atoms with Crippen LogP contribution in [0, 0.1) is 5.41 Å². The van der Waals surface area contributed by atoms with Gasteiger partial charge in [0.05, 0.1) is 5.69 Å². The number of carbonyl (C=O) groups excluding carboxylic acids is 1. The number of halogens is 1. The Kier molecular flexibility index (Phi) is 4.42. The quantitative estimate of drug-likeness (QED) is 0.844. The van der Waals surface area contributed by atoms with E-state index in [1.165, 1.54) is 6.07 Å². The lowest BCUT2D eigenvalue weighted by molar-refractivity contribution is -0.123. The molecule has 116 valence electrons. The van der Waals surface area contributed by atoms with Gasteiger partial charge in [-0.1, -0.05) is 36.7 Å². The van der Waals surface area contributed by atoms with Crippen LogP contribution in [0.25, 0.3) is 11.3 Å². The van der Waals surface area contributed by atoms with Crippen molar-refractivity contribution < 1.29 is 19.1 Å². The Bertz CT molecular complexity index is 728. The zero-order valence-electron chi connectivity index (χ0n) is 12.4. The number of carboxylic acids is 1. The molecule has 0 spiro atoms. The van der Waals surface area contributed by atoms with E-state index in [0.717, 1.165) is 4.47 Å². The van der Waals surface area contributed by atoms with Gasteiger partial charge in [0.15, 0.2) is 0 Å². The molecule has 0 aliphatic rings. The van der Waals surface area contributed by atoms with E-state index in [-0.39, 0.29) is 11.7 Å². The van der Waals surface area contributed by atoms with Gasteiger partial charge >= 0.3 is 5.97 Å². The first-order chi connectivity index (χ1) is 10.2. The van der Waals surface area contributed by atoms with Crippen LogP contribution in [0.15, 0.2) is 39.2 Å². The van der Waals surface area contributed by atoms with E-state index in [1.54, 1.807) is 24.3 Å². The van der Waals surface area contributed by atoms with E-state index in [2.05, 4.69) is 21.2 Å². The number of anilines is 1. The van der Waals surface area contributed by atoms with Gasteiger partial charge in [0.25, 0.3) is 0 Å². The van der Waals surface area contributed by atoms with Gasteiger partial charge in [-0.05, 0) is 30.3 Å². The molecule has 0 unspecified atom stereocenters. The molecule has 2 N–H and O–H groups in total. The number of rotatable bonds is 3. The monoisotopic (exact) mass is 365 g/mol. The number of benzene rings is 1. The van der Waals surface area contributed by atoms with Gasteiger partial charge in [0.2, 0.25) is 11.7 Å². The van der Waals surface area contributed by atoms with Crippen LogP contribution in [0.4, 0.5) is 5.69 Å². The number of aromatic carboxylic acids is 1. The molecule has 1 aromatic carbocycles. The number of furan rings is 1. The number of hydrogen-bond acceptors (Lipinski definition) is 3. The number of carbonyl (C=O) groups is 2. The minimum atomic E-state index is -1.14. The molecule has 6 heteroatoms. The van der Waals surface area contributed by atoms with Crippen LogP contribution in [0.5, 0.6) is 0 Å². The van der Waals surface area contributed by atoms with Gasteiger partial charge in [0, 0.05) is 15.5 Å². The molecule has 0 aliphatic heterocycles. The first kappa shape index (κ1) is 16.3. The highest BCUT2D eigenvalue weighted by Crippen LogP contribution is 2.33. The Morgan fingerprint density at radius 3 is 2.41 bits per heavy atom. The van der Waals surface area contributed by atoms with Crippen molar-refractivity contribution in [3.05, 3.63) is 40.6 Å². The van der Waals surface area contributed by atoms with E-state index in [4.69, 9.17) is 9.52 Å². The van der Waals surface area contributed by atoms with Crippen molar-refractivity contribution >= 4 is 33.5 Å². The predicted octanol–water partition coefficient (Wildman–Crippen LogP) is 4.39. The van der Waals surface area contributed by atoms with Crippen LogP contribution in [-0.4, -0.2) is 17.0 Å². The molecule has 2 aromatic rings. The molecular formula is C16H16BrNO4. The molecular weight excluding hydrogens is 350 g/mol. The van der Waals surface area contributed by atoms with Crippen molar-refractivity contribution in [1.82, 2.24) is 0 Å².